The Labute approximate surface area is 98.0 Å². The first-order valence-corrected chi connectivity index (χ1v) is 6.32. The summed E-state index contributed by atoms with van der Waals surface area (Å²) in [6, 6.07) is 10.5. The van der Waals surface area contributed by atoms with Gasteiger partial charge < -0.3 is 4.74 Å². The van der Waals surface area contributed by atoms with Crippen LogP contribution in [0.3, 0.4) is 0 Å². The second-order valence-electron chi connectivity index (χ2n) is 4.43. The standard InChI is InChI=1S/C14H21NO/c1-2-12-16-14(10-6-7-11-15-14)13-8-4-3-5-9-13/h3-5,8-9,15H,2,6-7,10-12H2,1H3. The number of piperidine rings is 1. The van der Waals surface area contributed by atoms with Crippen molar-refractivity contribution < 1.29 is 4.74 Å². The van der Waals surface area contributed by atoms with E-state index in [4.69, 9.17) is 4.74 Å². The topological polar surface area (TPSA) is 21.3 Å². The lowest BCUT2D eigenvalue weighted by Gasteiger charge is -2.38. The highest BCUT2D eigenvalue weighted by atomic mass is 16.5. The van der Waals surface area contributed by atoms with Crippen LogP contribution in [-0.2, 0) is 10.5 Å². The summed E-state index contributed by atoms with van der Waals surface area (Å²) in [7, 11) is 0. The quantitative estimate of drug-likeness (QED) is 0.840. The Morgan fingerprint density at radius 3 is 2.69 bits per heavy atom. The maximum Gasteiger partial charge on any atom is 0.145 e. The van der Waals surface area contributed by atoms with Gasteiger partial charge in [-0.1, -0.05) is 37.3 Å². The normalized spacial score (nSPS) is 25.6. The van der Waals surface area contributed by atoms with Gasteiger partial charge in [0, 0.05) is 6.61 Å². The Bertz CT molecular complexity index is 304. The lowest BCUT2D eigenvalue weighted by molar-refractivity contribution is -0.0940. The fraction of sp³-hybridized carbons (Fsp3) is 0.571. The van der Waals surface area contributed by atoms with E-state index in [-0.39, 0.29) is 5.72 Å². The molecule has 0 spiro atoms. The second-order valence-corrected chi connectivity index (χ2v) is 4.43. The van der Waals surface area contributed by atoms with E-state index in [2.05, 4.69) is 42.6 Å². The highest BCUT2D eigenvalue weighted by Gasteiger charge is 2.33. The van der Waals surface area contributed by atoms with Gasteiger partial charge in [-0.2, -0.15) is 0 Å². The molecule has 0 saturated carbocycles. The molecule has 0 aliphatic carbocycles. The number of benzene rings is 1. The summed E-state index contributed by atoms with van der Waals surface area (Å²) in [6.07, 6.45) is 4.64. The van der Waals surface area contributed by atoms with Crippen molar-refractivity contribution in [1.82, 2.24) is 5.32 Å². The van der Waals surface area contributed by atoms with Crippen molar-refractivity contribution in [3.63, 3.8) is 0 Å². The van der Waals surface area contributed by atoms with E-state index < -0.39 is 0 Å². The van der Waals surface area contributed by atoms with Crippen LogP contribution >= 0.6 is 0 Å². The summed E-state index contributed by atoms with van der Waals surface area (Å²) in [6.45, 7) is 4.03. The average Bonchev–Trinajstić information content (AvgIpc) is 2.38. The predicted molar refractivity (Wildman–Crippen MR) is 66.2 cm³/mol. The van der Waals surface area contributed by atoms with Crippen molar-refractivity contribution in [2.24, 2.45) is 0 Å². The minimum Gasteiger partial charge on any atom is -0.356 e. The summed E-state index contributed by atoms with van der Waals surface area (Å²) in [5.41, 5.74) is 1.04. The van der Waals surface area contributed by atoms with Gasteiger partial charge in [0.1, 0.15) is 5.72 Å². The first-order chi connectivity index (χ1) is 7.87. The fourth-order valence-electron chi connectivity index (χ4n) is 2.31. The minimum absolute atomic E-state index is 0.227. The van der Waals surface area contributed by atoms with Gasteiger partial charge in [0.15, 0.2) is 0 Å². The van der Waals surface area contributed by atoms with Gasteiger partial charge >= 0.3 is 0 Å². The van der Waals surface area contributed by atoms with E-state index in [0.29, 0.717) is 0 Å². The van der Waals surface area contributed by atoms with Gasteiger partial charge in [0.2, 0.25) is 0 Å². The Morgan fingerprint density at radius 2 is 2.06 bits per heavy atom. The molecule has 1 heterocycles. The molecule has 1 fully saturated rings. The molecule has 16 heavy (non-hydrogen) atoms. The van der Waals surface area contributed by atoms with Gasteiger partial charge in [0.05, 0.1) is 0 Å². The molecule has 0 radical (unpaired) electrons. The number of ether oxygens (including phenoxy) is 1. The summed E-state index contributed by atoms with van der Waals surface area (Å²) in [5, 5.41) is 3.56. The molecular formula is C14H21NO. The van der Waals surface area contributed by atoms with E-state index in [1.54, 1.807) is 0 Å². The Balaban J connectivity index is 2.19. The van der Waals surface area contributed by atoms with Crippen molar-refractivity contribution in [2.75, 3.05) is 13.2 Å². The Kier molecular flexibility index (Phi) is 3.97. The van der Waals surface area contributed by atoms with Crippen LogP contribution in [0, 0.1) is 0 Å². The molecule has 1 unspecified atom stereocenters. The third-order valence-electron chi connectivity index (χ3n) is 3.16. The summed E-state index contributed by atoms with van der Waals surface area (Å²) in [5.74, 6) is 0. The van der Waals surface area contributed by atoms with E-state index in [9.17, 15) is 0 Å². The SMILES string of the molecule is CCCOC1(c2ccccc2)CCCCN1. The third-order valence-corrected chi connectivity index (χ3v) is 3.16. The molecule has 1 aliphatic heterocycles. The highest BCUT2D eigenvalue weighted by molar-refractivity contribution is 5.22. The molecular weight excluding hydrogens is 198 g/mol. The Hall–Kier alpha value is -0.860. The number of hydrogen-bond donors (Lipinski definition) is 1. The van der Waals surface area contributed by atoms with E-state index >= 15 is 0 Å². The van der Waals surface area contributed by atoms with Crippen molar-refractivity contribution >= 4 is 0 Å². The van der Waals surface area contributed by atoms with Crippen LogP contribution in [0.15, 0.2) is 30.3 Å². The first-order valence-electron chi connectivity index (χ1n) is 6.32. The molecule has 1 aromatic rings. The molecule has 1 aliphatic rings. The monoisotopic (exact) mass is 219 g/mol. The number of nitrogens with one attached hydrogen (secondary N) is 1. The average molecular weight is 219 g/mol. The molecule has 1 atom stereocenters. The largest absolute Gasteiger partial charge is 0.356 e. The van der Waals surface area contributed by atoms with Crippen molar-refractivity contribution in [3.05, 3.63) is 35.9 Å². The zero-order valence-corrected chi connectivity index (χ0v) is 10.0. The van der Waals surface area contributed by atoms with Gasteiger partial charge in [-0.05, 0) is 37.8 Å². The van der Waals surface area contributed by atoms with Gasteiger partial charge in [-0.25, -0.2) is 0 Å². The summed E-state index contributed by atoms with van der Waals surface area (Å²) in [4.78, 5) is 0. The molecule has 2 heteroatoms. The molecule has 0 bridgehead atoms. The van der Waals surface area contributed by atoms with Crippen LogP contribution in [0.4, 0.5) is 0 Å². The third kappa shape index (κ3) is 2.45. The van der Waals surface area contributed by atoms with E-state index in [1.807, 2.05) is 0 Å². The smallest absolute Gasteiger partial charge is 0.145 e. The second kappa shape index (κ2) is 5.46. The molecule has 0 aromatic heterocycles. The Morgan fingerprint density at radius 1 is 1.25 bits per heavy atom. The zero-order chi connectivity index (χ0) is 11.3. The van der Waals surface area contributed by atoms with E-state index in [1.165, 1.54) is 18.4 Å². The zero-order valence-electron chi connectivity index (χ0n) is 10.0. The minimum atomic E-state index is -0.227. The first kappa shape index (κ1) is 11.6. The van der Waals surface area contributed by atoms with Crippen LogP contribution in [0.5, 0.6) is 0 Å². The van der Waals surface area contributed by atoms with Crippen LogP contribution in [0.25, 0.3) is 0 Å². The fourth-order valence-corrected chi connectivity index (χ4v) is 2.31. The molecule has 1 N–H and O–H groups in total. The lowest BCUT2D eigenvalue weighted by atomic mass is 9.93. The van der Waals surface area contributed by atoms with Crippen LogP contribution in [-0.4, -0.2) is 13.2 Å². The van der Waals surface area contributed by atoms with Crippen LogP contribution in [0.2, 0.25) is 0 Å². The van der Waals surface area contributed by atoms with Gasteiger partial charge in [0.25, 0.3) is 0 Å². The molecule has 2 nitrogen and oxygen atoms in total. The van der Waals surface area contributed by atoms with Crippen molar-refractivity contribution in [2.45, 2.75) is 38.3 Å². The van der Waals surface area contributed by atoms with Crippen molar-refractivity contribution in [3.8, 4) is 0 Å². The lowest BCUT2D eigenvalue weighted by Crippen LogP contribution is -2.48. The molecule has 0 amide bonds. The van der Waals surface area contributed by atoms with Gasteiger partial charge in [-0.15, -0.1) is 0 Å². The predicted octanol–water partition coefficient (Wildman–Crippen LogP) is 3.04. The maximum atomic E-state index is 6.09. The summed E-state index contributed by atoms with van der Waals surface area (Å²) >= 11 is 0. The van der Waals surface area contributed by atoms with E-state index in [0.717, 1.165) is 26.0 Å². The highest BCUT2D eigenvalue weighted by Crippen LogP contribution is 2.31. The molecule has 1 saturated heterocycles. The number of rotatable bonds is 4. The number of hydrogen-bond acceptors (Lipinski definition) is 2. The van der Waals surface area contributed by atoms with Crippen molar-refractivity contribution in [1.29, 1.82) is 0 Å². The molecule has 1 aromatic carbocycles. The maximum absolute atomic E-state index is 6.09. The summed E-state index contributed by atoms with van der Waals surface area (Å²) < 4.78 is 6.09. The molecule has 2 rings (SSSR count). The van der Waals surface area contributed by atoms with Gasteiger partial charge in [-0.3, -0.25) is 5.32 Å². The van der Waals surface area contributed by atoms with Crippen LogP contribution < -0.4 is 5.32 Å². The van der Waals surface area contributed by atoms with Crippen LogP contribution in [0.1, 0.15) is 38.2 Å². The molecule has 88 valence electrons.